The van der Waals surface area contributed by atoms with E-state index in [4.69, 9.17) is 4.74 Å². The van der Waals surface area contributed by atoms with Crippen LogP contribution in [0, 0.1) is 0 Å². The van der Waals surface area contributed by atoms with Gasteiger partial charge in [-0.3, -0.25) is 4.79 Å². The molecule has 1 N–H and O–H groups in total. The van der Waals surface area contributed by atoms with Gasteiger partial charge in [0.1, 0.15) is 5.75 Å². The van der Waals surface area contributed by atoms with Crippen molar-refractivity contribution in [2.24, 2.45) is 0 Å². The van der Waals surface area contributed by atoms with Gasteiger partial charge in [0.05, 0.1) is 12.7 Å². The molecule has 0 fully saturated rings. The topological polar surface area (TPSA) is 38.3 Å². The molecule has 7 heteroatoms. The molecule has 0 saturated heterocycles. The van der Waals surface area contributed by atoms with Crippen LogP contribution in [-0.4, -0.2) is 26.4 Å². The summed E-state index contributed by atoms with van der Waals surface area (Å²) in [5, 5.41) is 1.80. The molecule has 0 radical (unpaired) electrons. The average Bonchev–Trinajstić information content (AvgIpc) is 2.25. The smallest absolute Gasteiger partial charge is 0.496 e. The summed E-state index contributed by atoms with van der Waals surface area (Å²) in [5.41, 5.74) is 0.0880. The molecule has 0 aliphatic heterocycles. The lowest BCUT2D eigenvalue weighted by Crippen LogP contribution is -2.37. The summed E-state index contributed by atoms with van der Waals surface area (Å²) in [4.78, 5) is 11.4. The first kappa shape index (κ1) is 12.4. The minimum absolute atomic E-state index is 0.0880. The number of hydrogen-bond donors (Lipinski definition) is 1. The zero-order chi connectivity index (χ0) is 12.2. The third kappa shape index (κ3) is 3.49. The maximum absolute atomic E-state index is 11.9. The Morgan fingerprint density at radius 2 is 2.00 bits per heavy atom. The molecule has 0 unspecified atom stereocenters. The molecule has 0 aliphatic rings. The van der Waals surface area contributed by atoms with E-state index in [-0.39, 0.29) is 11.3 Å². The molecule has 1 rings (SSSR count). The first-order chi connectivity index (χ1) is 7.44. The van der Waals surface area contributed by atoms with Crippen molar-refractivity contribution in [3.63, 3.8) is 0 Å². The third-order valence-electron chi connectivity index (χ3n) is 1.85. The number of carbonyl (C=O) groups excluding carboxylic acids is 1. The second-order valence-corrected chi connectivity index (χ2v) is 3.12. The SMILES string of the molecule is COc1ccccc1C(=O)NC[B-](F)(F)F. The fourth-order valence-electron chi connectivity index (χ4n) is 1.14. The Kier molecular flexibility index (Phi) is 3.81. The lowest BCUT2D eigenvalue weighted by atomic mass is 9.92. The number of hydrogen-bond acceptors (Lipinski definition) is 2. The summed E-state index contributed by atoms with van der Waals surface area (Å²) >= 11 is 0. The Morgan fingerprint density at radius 3 is 2.56 bits per heavy atom. The third-order valence-corrected chi connectivity index (χ3v) is 1.85. The van der Waals surface area contributed by atoms with Crippen LogP contribution in [0.1, 0.15) is 10.4 Å². The van der Waals surface area contributed by atoms with E-state index < -0.39 is 19.3 Å². The summed E-state index contributed by atoms with van der Waals surface area (Å²) in [7, 11) is 1.35. The van der Waals surface area contributed by atoms with E-state index in [9.17, 15) is 17.7 Å². The van der Waals surface area contributed by atoms with Crippen LogP contribution >= 0.6 is 0 Å². The molecule has 16 heavy (non-hydrogen) atoms. The van der Waals surface area contributed by atoms with Gasteiger partial charge in [-0.05, 0) is 18.6 Å². The number of methoxy groups -OCH3 is 1. The van der Waals surface area contributed by atoms with Crippen LogP contribution in [0.2, 0.25) is 0 Å². The van der Waals surface area contributed by atoms with Crippen LogP contribution < -0.4 is 10.1 Å². The second-order valence-electron chi connectivity index (χ2n) is 3.12. The predicted octanol–water partition coefficient (Wildman–Crippen LogP) is 1.81. The van der Waals surface area contributed by atoms with Crippen molar-refractivity contribution >= 4 is 12.9 Å². The quantitative estimate of drug-likeness (QED) is 0.804. The molecule has 1 aromatic carbocycles. The molecular formula is C9H10BF3NO2-. The maximum Gasteiger partial charge on any atom is 0.497 e. The van der Waals surface area contributed by atoms with Gasteiger partial charge in [0.25, 0.3) is 5.91 Å². The molecule has 0 atom stereocenters. The van der Waals surface area contributed by atoms with E-state index in [2.05, 4.69) is 0 Å². The highest BCUT2D eigenvalue weighted by atomic mass is 19.4. The highest BCUT2D eigenvalue weighted by Gasteiger charge is 2.24. The van der Waals surface area contributed by atoms with Crippen molar-refractivity contribution in [2.45, 2.75) is 0 Å². The van der Waals surface area contributed by atoms with Gasteiger partial charge in [0.15, 0.2) is 0 Å². The summed E-state index contributed by atoms with van der Waals surface area (Å²) in [6.45, 7) is -5.02. The van der Waals surface area contributed by atoms with Crippen LogP contribution in [-0.2, 0) is 0 Å². The minimum atomic E-state index is -5.02. The van der Waals surface area contributed by atoms with Crippen molar-refractivity contribution in [2.75, 3.05) is 13.6 Å². The molecule has 1 aromatic rings. The second kappa shape index (κ2) is 4.91. The Bertz CT molecular complexity index is 381. The largest absolute Gasteiger partial charge is 0.497 e. The van der Waals surface area contributed by atoms with Gasteiger partial charge in [-0.25, -0.2) is 0 Å². The molecule has 88 valence electrons. The average molecular weight is 232 g/mol. The normalized spacial score (nSPS) is 11.0. The van der Waals surface area contributed by atoms with Crippen molar-refractivity contribution in [3.05, 3.63) is 29.8 Å². The van der Waals surface area contributed by atoms with Crippen LogP contribution in [0.3, 0.4) is 0 Å². The molecule has 0 heterocycles. The van der Waals surface area contributed by atoms with Crippen molar-refractivity contribution < 1.29 is 22.5 Å². The standard InChI is InChI=1S/C9H10BF3NO2/c1-16-8-5-3-2-4-7(8)9(15)14-6-10(11,12)13/h2-5H,6H2,1H3,(H,14,15)/q-1. The number of para-hydroxylation sites is 1. The first-order valence-corrected chi connectivity index (χ1v) is 4.56. The summed E-state index contributed by atoms with van der Waals surface area (Å²) in [6.07, 6.45) is -1.29. The van der Waals surface area contributed by atoms with E-state index in [0.29, 0.717) is 0 Å². The van der Waals surface area contributed by atoms with Gasteiger partial charge in [-0.15, -0.1) is 0 Å². The van der Waals surface area contributed by atoms with Crippen LogP contribution in [0.15, 0.2) is 24.3 Å². The molecule has 0 aromatic heterocycles. The molecule has 0 aliphatic carbocycles. The van der Waals surface area contributed by atoms with E-state index >= 15 is 0 Å². The van der Waals surface area contributed by atoms with Gasteiger partial charge in [-0.2, -0.15) is 0 Å². The number of benzene rings is 1. The molecule has 1 amide bonds. The predicted molar refractivity (Wildman–Crippen MR) is 54.4 cm³/mol. The Labute approximate surface area is 90.7 Å². The number of halogens is 3. The summed E-state index contributed by atoms with van der Waals surface area (Å²) < 4.78 is 40.7. The van der Waals surface area contributed by atoms with Gasteiger partial charge in [0.2, 0.25) is 0 Å². The lowest BCUT2D eigenvalue weighted by Gasteiger charge is -2.15. The first-order valence-electron chi connectivity index (χ1n) is 4.56. The van der Waals surface area contributed by atoms with Gasteiger partial charge < -0.3 is 23.0 Å². The number of nitrogens with one attached hydrogen (secondary N) is 1. The van der Waals surface area contributed by atoms with Crippen molar-refractivity contribution in [3.8, 4) is 5.75 Å². The molecule has 0 spiro atoms. The monoisotopic (exact) mass is 232 g/mol. The van der Waals surface area contributed by atoms with Gasteiger partial charge >= 0.3 is 6.98 Å². The number of rotatable bonds is 4. The highest BCUT2D eigenvalue weighted by Crippen LogP contribution is 2.17. The summed E-state index contributed by atoms with van der Waals surface area (Å²) in [5.74, 6) is -0.550. The van der Waals surface area contributed by atoms with Crippen LogP contribution in [0.4, 0.5) is 12.9 Å². The molecule has 0 saturated carbocycles. The highest BCUT2D eigenvalue weighted by molar-refractivity contribution is 6.58. The maximum atomic E-state index is 11.9. The molecular weight excluding hydrogens is 222 g/mol. The lowest BCUT2D eigenvalue weighted by molar-refractivity contribution is 0.0953. The number of ether oxygens (including phenoxy) is 1. The van der Waals surface area contributed by atoms with Crippen LogP contribution in [0.25, 0.3) is 0 Å². The Balaban J connectivity index is 2.73. The van der Waals surface area contributed by atoms with Crippen LogP contribution in [0.5, 0.6) is 5.75 Å². The van der Waals surface area contributed by atoms with E-state index in [1.807, 2.05) is 0 Å². The van der Waals surface area contributed by atoms with Gasteiger partial charge in [-0.1, -0.05) is 12.1 Å². The van der Waals surface area contributed by atoms with Crippen molar-refractivity contribution in [1.29, 1.82) is 0 Å². The van der Waals surface area contributed by atoms with E-state index in [1.54, 1.807) is 17.4 Å². The minimum Gasteiger partial charge on any atom is -0.496 e. The van der Waals surface area contributed by atoms with Gasteiger partial charge in [0, 0.05) is 0 Å². The van der Waals surface area contributed by atoms with Crippen molar-refractivity contribution in [1.82, 2.24) is 5.32 Å². The zero-order valence-corrected chi connectivity index (χ0v) is 8.54. The number of amides is 1. The Hall–Kier alpha value is -1.66. The zero-order valence-electron chi connectivity index (χ0n) is 8.54. The fraction of sp³-hybridized carbons (Fsp3) is 0.222. The van der Waals surface area contributed by atoms with E-state index in [1.165, 1.54) is 19.2 Å². The fourth-order valence-corrected chi connectivity index (χ4v) is 1.14. The Morgan fingerprint density at radius 1 is 1.38 bits per heavy atom. The summed E-state index contributed by atoms with van der Waals surface area (Å²) in [6, 6.07) is 6.09. The molecule has 3 nitrogen and oxygen atoms in total. The number of carbonyl (C=O) groups is 1. The van der Waals surface area contributed by atoms with E-state index in [0.717, 1.165) is 0 Å². The molecule has 0 bridgehead atoms.